The largest absolute Gasteiger partial charge is 0.389 e. The quantitative estimate of drug-likeness (QED) is 0.494. The Morgan fingerprint density at radius 3 is 2.48 bits per heavy atom. The standard InChI is InChI=1S/C18H29FN2/c1-14-11-15(2)13-18(12-14)9-8-16(3)20-10-6-5-7-17(4)21-19/h11-13,17,20-21H,3,5-10H2,1-2,4H3. The van der Waals surface area contributed by atoms with Crippen molar-refractivity contribution in [3.8, 4) is 0 Å². The molecule has 1 aromatic carbocycles. The number of hydrogen-bond acceptors (Lipinski definition) is 2. The first-order chi connectivity index (χ1) is 10.0. The number of allylic oxidation sites excluding steroid dienone is 1. The van der Waals surface area contributed by atoms with Gasteiger partial charge in [-0.25, -0.2) is 0 Å². The normalized spacial score (nSPS) is 12.2. The van der Waals surface area contributed by atoms with Crippen molar-refractivity contribution in [3.05, 3.63) is 47.2 Å². The number of unbranched alkanes of at least 4 members (excludes halogenated alkanes) is 1. The van der Waals surface area contributed by atoms with Crippen molar-refractivity contribution in [2.75, 3.05) is 6.54 Å². The fourth-order valence-electron chi connectivity index (χ4n) is 2.49. The molecule has 21 heavy (non-hydrogen) atoms. The van der Waals surface area contributed by atoms with Gasteiger partial charge in [0.15, 0.2) is 0 Å². The highest BCUT2D eigenvalue weighted by atomic mass is 19.2. The van der Waals surface area contributed by atoms with Crippen molar-refractivity contribution >= 4 is 0 Å². The number of aryl methyl sites for hydroxylation is 3. The lowest BCUT2D eigenvalue weighted by atomic mass is 10.0. The summed E-state index contributed by atoms with van der Waals surface area (Å²) in [5.74, 6) is 0. The monoisotopic (exact) mass is 292 g/mol. The molecule has 0 aliphatic rings. The van der Waals surface area contributed by atoms with Crippen LogP contribution in [0.2, 0.25) is 0 Å². The maximum absolute atomic E-state index is 12.1. The van der Waals surface area contributed by atoms with Gasteiger partial charge in [-0.15, -0.1) is 4.48 Å². The molecule has 0 saturated carbocycles. The van der Waals surface area contributed by atoms with Crippen LogP contribution in [0.5, 0.6) is 0 Å². The van der Waals surface area contributed by atoms with E-state index in [4.69, 9.17) is 0 Å². The number of rotatable bonds is 10. The average Bonchev–Trinajstić information content (AvgIpc) is 2.43. The summed E-state index contributed by atoms with van der Waals surface area (Å²) in [7, 11) is 0. The van der Waals surface area contributed by atoms with Gasteiger partial charge in [0.05, 0.1) is 0 Å². The first-order valence-corrected chi connectivity index (χ1v) is 7.86. The molecule has 2 N–H and O–H groups in total. The fourth-order valence-corrected chi connectivity index (χ4v) is 2.49. The minimum Gasteiger partial charge on any atom is -0.389 e. The minimum absolute atomic E-state index is 0.0437. The molecule has 0 amide bonds. The van der Waals surface area contributed by atoms with Crippen molar-refractivity contribution in [1.29, 1.82) is 0 Å². The summed E-state index contributed by atoms with van der Waals surface area (Å²) in [6.45, 7) is 11.1. The molecule has 0 aromatic heterocycles. The van der Waals surface area contributed by atoms with Gasteiger partial charge in [0.1, 0.15) is 0 Å². The van der Waals surface area contributed by atoms with E-state index >= 15 is 0 Å². The van der Waals surface area contributed by atoms with E-state index in [-0.39, 0.29) is 6.04 Å². The summed E-state index contributed by atoms with van der Waals surface area (Å²) in [4.78, 5) is 0. The highest BCUT2D eigenvalue weighted by Gasteiger charge is 2.01. The van der Waals surface area contributed by atoms with Crippen molar-refractivity contribution in [2.24, 2.45) is 0 Å². The molecule has 1 aromatic rings. The highest BCUT2D eigenvalue weighted by molar-refractivity contribution is 5.28. The molecule has 0 heterocycles. The zero-order valence-electron chi connectivity index (χ0n) is 13.6. The molecule has 3 heteroatoms. The van der Waals surface area contributed by atoms with Gasteiger partial charge in [-0.1, -0.05) is 42.3 Å². The van der Waals surface area contributed by atoms with Crippen molar-refractivity contribution in [2.45, 2.75) is 58.9 Å². The van der Waals surface area contributed by atoms with Gasteiger partial charge >= 0.3 is 0 Å². The third-order valence-corrected chi connectivity index (χ3v) is 3.62. The Morgan fingerprint density at radius 2 is 1.86 bits per heavy atom. The van der Waals surface area contributed by atoms with Crippen LogP contribution in [0.15, 0.2) is 30.5 Å². The molecule has 0 bridgehead atoms. The van der Waals surface area contributed by atoms with Gasteiger partial charge in [-0.3, -0.25) is 0 Å². The average molecular weight is 292 g/mol. The number of halogens is 1. The predicted molar refractivity (Wildman–Crippen MR) is 88.9 cm³/mol. The minimum atomic E-state index is -0.0437. The van der Waals surface area contributed by atoms with Crippen LogP contribution in [0.4, 0.5) is 4.48 Å². The van der Waals surface area contributed by atoms with Gasteiger partial charge in [0.2, 0.25) is 0 Å². The van der Waals surface area contributed by atoms with Crippen LogP contribution in [0.3, 0.4) is 0 Å². The van der Waals surface area contributed by atoms with Crippen LogP contribution in [-0.4, -0.2) is 12.6 Å². The summed E-state index contributed by atoms with van der Waals surface area (Å²) in [6, 6.07) is 6.64. The predicted octanol–water partition coefficient (Wildman–Crippen LogP) is 4.37. The van der Waals surface area contributed by atoms with E-state index in [1.807, 2.05) is 6.92 Å². The number of hydrogen-bond donors (Lipinski definition) is 2. The SMILES string of the molecule is C=C(CCc1cc(C)cc(C)c1)NCCCCC(C)NF. The molecular formula is C18H29FN2. The summed E-state index contributed by atoms with van der Waals surface area (Å²) in [5, 5.41) is 3.37. The lowest BCUT2D eigenvalue weighted by Gasteiger charge is -2.11. The van der Waals surface area contributed by atoms with E-state index < -0.39 is 0 Å². The molecular weight excluding hydrogens is 263 g/mol. The number of benzene rings is 1. The summed E-state index contributed by atoms with van der Waals surface area (Å²) in [6.07, 6.45) is 4.93. The van der Waals surface area contributed by atoms with Gasteiger partial charge in [0, 0.05) is 18.3 Å². The molecule has 0 fully saturated rings. The molecule has 0 radical (unpaired) electrons. The Hall–Kier alpha value is -1.35. The number of nitrogens with one attached hydrogen (secondary N) is 2. The topological polar surface area (TPSA) is 24.1 Å². The van der Waals surface area contributed by atoms with Gasteiger partial charge in [0.25, 0.3) is 0 Å². The zero-order valence-corrected chi connectivity index (χ0v) is 13.6. The van der Waals surface area contributed by atoms with E-state index in [0.29, 0.717) is 0 Å². The third-order valence-electron chi connectivity index (χ3n) is 3.62. The Bertz CT molecular complexity index is 423. The molecule has 0 aliphatic heterocycles. The Labute approximate surface area is 128 Å². The Morgan fingerprint density at radius 1 is 1.19 bits per heavy atom. The van der Waals surface area contributed by atoms with Gasteiger partial charge in [-0.05, 0) is 52.0 Å². The van der Waals surface area contributed by atoms with Crippen LogP contribution < -0.4 is 10.9 Å². The fraction of sp³-hybridized carbons (Fsp3) is 0.556. The van der Waals surface area contributed by atoms with Crippen molar-refractivity contribution < 1.29 is 4.48 Å². The van der Waals surface area contributed by atoms with E-state index in [2.05, 4.69) is 43.9 Å². The van der Waals surface area contributed by atoms with Crippen LogP contribution in [0, 0.1) is 13.8 Å². The van der Waals surface area contributed by atoms with Crippen LogP contribution in [0.1, 0.15) is 49.3 Å². The highest BCUT2D eigenvalue weighted by Crippen LogP contribution is 2.12. The second-order valence-corrected chi connectivity index (χ2v) is 6.03. The van der Waals surface area contributed by atoms with E-state index in [1.54, 1.807) is 5.54 Å². The van der Waals surface area contributed by atoms with E-state index in [9.17, 15) is 4.48 Å². The summed E-state index contributed by atoms with van der Waals surface area (Å²) >= 11 is 0. The maximum Gasteiger partial charge on any atom is 0.0343 e. The first-order valence-electron chi connectivity index (χ1n) is 7.86. The van der Waals surface area contributed by atoms with Gasteiger partial charge in [-0.2, -0.15) is 5.54 Å². The second kappa shape index (κ2) is 9.56. The Balaban J connectivity index is 2.16. The van der Waals surface area contributed by atoms with Gasteiger partial charge < -0.3 is 5.32 Å². The summed E-state index contributed by atoms with van der Waals surface area (Å²) in [5.41, 5.74) is 6.87. The lowest BCUT2D eigenvalue weighted by Crippen LogP contribution is -2.18. The molecule has 2 nitrogen and oxygen atoms in total. The molecule has 118 valence electrons. The third kappa shape index (κ3) is 7.86. The summed E-state index contributed by atoms with van der Waals surface area (Å²) < 4.78 is 12.1. The van der Waals surface area contributed by atoms with Crippen molar-refractivity contribution in [3.63, 3.8) is 0 Å². The first kappa shape index (κ1) is 17.7. The molecule has 0 saturated heterocycles. The zero-order chi connectivity index (χ0) is 15.7. The molecule has 1 unspecified atom stereocenters. The van der Waals surface area contributed by atoms with Crippen LogP contribution in [0.25, 0.3) is 0 Å². The van der Waals surface area contributed by atoms with Crippen LogP contribution in [-0.2, 0) is 6.42 Å². The van der Waals surface area contributed by atoms with E-state index in [1.165, 1.54) is 16.7 Å². The lowest BCUT2D eigenvalue weighted by molar-refractivity contribution is 0.269. The smallest absolute Gasteiger partial charge is 0.0343 e. The maximum atomic E-state index is 12.1. The Kier molecular flexibility index (Phi) is 8.06. The van der Waals surface area contributed by atoms with Crippen molar-refractivity contribution in [1.82, 2.24) is 10.9 Å². The second-order valence-electron chi connectivity index (χ2n) is 6.03. The molecule has 0 spiro atoms. The molecule has 0 aliphatic carbocycles. The van der Waals surface area contributed by atoms with Crippen LogP contribution >= 0.6 is 0 Å². The molecule has 1 rings (SSSR count). The molecule has 1 atom stereocenters. The van der Waals surface area contributed by atoms with E-state index in [0.717, 1.165) is 44.3 Å².